The van der Waals surface area contributed by atoms with Crippen LogP contribution >= 0.6 is 8.69 Å². The molecule has 1 atom stereocenters. The normalized spacial score (nSPS) is 5.25. The van der Waals surface area contributed by atoms with Crippen LogP contribution in [0, 0.1) is 0 Å². The predicted molar refractivity (Wildman–Crippen MR) is 11.2 cm³/mol. The second-order valence-corrected chi connectivity index (χ2v) is 0.274. The van der Waals surface area contributed by atoms with Crippen LogP contribution in [0.25, 0.3) is 0 Å². The minimum Gasteiger partial charge on any atom is -0.162 e. The molecule has 0 aliphatic carbocycles. The van der Waals surface area contributed by atoms with Crippen LogP contribution in [-0.2, 0) is 4.57 Å². The zero-order chi connectivity index (χ0) is 2.71. The van der Waals surface area contributed by atoms with Crippen LogP contribution in [0.2, 0.25) is 0 Å². The molecule has 1 N–H and O–H groups in total. The molecule has 0 fully saturated rings. The molecule has 4 heavy (non-hydrogen) atoms. The molecular formula is H2LiO2P+2. The Balaban J connectivity index is 0. The summed E-state index contributed by atoms with van der Waals surface area (Å²) in [5.41, 5.74) is 0. The smallest absolute Gasteiger partial charge is 0.162 e. The molecule has 18 valence electrons. The molecular weight excluding hydrogens is 69.9 g/mol. The minimum absolute atomic E-state index is 0. The Bertz CT molecular complexity index is 13.5. The van der Waals surface area contributed by atoms with Gasteiger partial charge in [-0.2, -0.15) is 4.89 Å². The van der Waals surface area contributed by atoms with Gasteiger partial charge in [-0.05, 0) is 4.57 Å². The van der Waals surface area contributed by atoms with Crippen LogP contribution in [0.1, 0.15) is 0 Å². The van der Waals surface area contributed by atoms with Gasteiger partial charge >= 0.3 is 27.5 Å². The fourth-order valence-electron chi connectivity index (χ4n) is 0. The third-order valence-electron chi connectivity index (χ3n) is 0. The van der Waals surface area contributed by atoms with Crippen molar-refractivity contribution < 1.29 is 28.3 Å². The topological polar surface area (TPSA) is 37.3 Å². The Hall–Kier alpha value is 0.657. The minimum atomic E-state index is -1.17. The van der Waals surface area contributed by atoms with Crippen molar-refractivity contribution in [3.63, 3.8) is 0 Å². The van der Waals surface area contributed by atoms with Gasteiger partial charge in [0.05, 0.1) is 0 Å². The summed E-state index contributed by atoms with van der Waals surface area (Å²) >= 11 is 0. The van der Waals surface area contributed by atoms with E-state index >= 15 is 0 Å². The number of rotatable bonds is 0. The van der Waals surface area contributed by atoms with Gasteiger partial charge in [-0.15, -0.1) is 0 Å². The molecule has 0 saturated carbocycles. The van der Waals surface area contributed by atoms with Crippen LogP contribution in [0.3, 0.4) is 0 Å². The molecule has 0 heterocycles. The molecule has 0 saturated heterocycles. The second-order valence-electron chi connectivity index (χ2n) is 0.0913. The van der Waals surface area contributed by atoms with E-state index in [1.807, 2.05) is 0 Å². The molecule has 1 unspecified atom stereocenters. The second kappa shape index (κ2) is 9.40. The van der Waals surface area contributed by atoms with Gasteiger partial charge in [-0.1, -0.05) is 0 Å². The SMILES string of the molecule is O=[PH+]O.[Li+]. The Labute approximate surface area is 37.7 Å². The summed E-state index contributed by atoms with van der Waals surface area (Å²) in [4.78, 5) is 7.04. The van der Waals surface area contributed by atoms with E-state index < -0.39 is 8.69 Å². The third kappa shape index (κ3) is 16.9. The summed E-state index contributed by atoms with van der Waals surface area (Å²) in [6.07, 6.45) is 0. The van der Waals surface area contributed by atoms with Crippen LogP contribution in [0.5, 0.6) is 0 Å². The van der Waals surface area contributed by atoms with Gasteiger partial charge in [0.1, 0.15) is 0 Å². The number of hydrogen-bond donors (Lipinski definition) is 1. The summed E-state index contributed by atoms with van der Waals surface area (Å²) in [5, 5.41) is 0. The van der Waals surface area contributed by atoms with E-state index in [0.29, 0.717) is 0 Å². The summed E-state index contributed by atoms with van der Waals surface area (Å²) in [7, 11) is -1.17. The third-order valence-corrected chi connectivity index (χ3v) is 0. The van der Waals surface area contributed by atoms with Crippen molar-refractivity contribution in [3.8, 4) is 0 Å². The average molecular weight is 71.9 g/mol. The Morgan fingerprint density at radius 3 is 1.75 bits per heavy atom. The first-order valence-electron chi connectivity index (χ1n) is 0.428. The molecule has 0 rings (SSSR count). The first-order valence-corrected chi connectivity index (χ1v) is 1.28. The molecule has 0 spiro atoms. The van der Waals surface area contributed by atoms with E-state index in [-0.39, 0.29) is 18.9 Å². The van der Waals surface area contributed by atoms with E-state index in [1.165, 1.54) is 0 Å². The monoisotopic (exact) mass is 72.0 g/mol. The van der Waals surface area contributed by atoms with E-state index in [4.69, 9.17) is 9.46 Å². The first-order chi connectivity index (χ1) is 1.41. The summed E-state index contributed by atoms with van der Waals surface area (Å²) in [6, 6.07) is 0. The zero-order valence-electron chi connectivity index (χ0n) is 2.36. The molecule has 0 aromatic heterocycles. The van der Waals surface area contributed by atoms with Crippen LogP contribution in [0.4, 0.5) is 0 Å². The van der Waals surface area contributed by atoms with Crippen molar-refractivity contribution >= 4 is 8.69 Å². The molecule has 0 aliphatic heterocycles. The maximum atomic E-state index is 8.51. The molecule has 0 bridgehead atoms. The summed E-state index contributed by atoms with van der Waals surface area (Å²) in [6.45, 7) is 0. The maximum absolute atomic E-state index is 8.51. The van der Waals surface area contributed by atoms with Gasteiger partial charge in [0.15, 0.2) is 0 Å². The van der Waals surface area contributed by atoms with Crippen molar-refractivity contribution in [2.75, 3.05) is 0 Å². The van der Waals surface area contributed by atoms with Crippen LogP contribution in [-0.4, -0.2) is 4.89 Å². The standard InChI is InChI=1S/Li.HO2P/c;1-3-2/h;3H/q+1;/p+1. The largest absolute Gasteiger partial charge is 1.00 e. The van der Waals surface area contributed by atoms with Gasteiger partial charge in [-0.3, -0.25) is 0 Å². The van der Waals surface area contributed by atoms with Gasteiger partial charge in [0.2, 0.25) is 0 Å². The van der Waals surface area contributed by atoms with Gasteiger partial charge < -0.3 is 0 Å². The molecule has 0 aromatic rings. The summed E-state index contributed by atoms with van der Waals surface area (Å²) < 4.78 is 8.51. The molecule has 0 aromatic carbocycles. The van der Waals surface area contributed by atoms with Gasteiger partial charge in [-0.25, -0.2) is 0 Å². The number of hydrogen-bond acceptors (Lipinski definition) is 1. The predicted octanol–water partition coefficient (Wildman–Crippen LogP) is -3.08. The molecule has 4 heteroatoms. The van der Waals surface area contributed by atoms with Crippen molar-refractivity contribution in [1.82, 2.24) is 0 Å². The molecule has 0 amide bonds. The van der Waals surface area contributed by atoms with Crippen molar-refractivity contribution in [1.29, 1.82) is 0 Å². The fraction of sp³-hybridized carbons (Fsp3) is 0. The van der Waals surface area contributed by atoms with Gasteiger partial charge in [0.25, 0.3) is 0 Å². The Kier molecular flexibility index (Phi) is 20.7. The van der Waals surface area contributed by atoms with E-state index in [9.17, 15) is 0 Å². The van der Waals surface area contributed by atoms with Crippen molar-refractivity contribution in [2.45, 2.75) is 0 Å². The molecule has 0 radical (unpaired) electrons. The average Bonchev–Trinajstić information content (AvgIpc) is 0.918. The first kappa shape index (κ1) is 8.82. The van der Waals surface area contributed by atoms with Gasteiger partial charge in [0, 0.05) is 0 Å². The van der Waals surface area contributed by atoms with Crippen molar-refractivity contribution in [2.24, 2.45) is 0 Å². The fourth-order valence-corrected chi connectivity index (χ4v) is 0. The summed E-state index contributed by atoms with van der Waals surface area (Å²) in [5.74, 6) is 0. The molecule has 0 aliphatic rings. The van der Waals surface area contributed by atoms with E-state index in [2.05, 4.69) is 0 Å². The van der Waals surface area contributed by atoms with Crippen molar-refractivity contribution in [3.05, 3.63) is 0 Å². The van der Waals surface area contributed by atoms with Crippen LogP contribution in [0.15, 0.2) is 0 Å². The Morgan fingerprint density at radius 1 is 1.75 bits per heavy atom. The quantitative estimate of drug-likeness (QED) is 0.243. The maximum Gasteiger partial charge on any atom is 1.00 e. The zero-order valence-corrected chi connectivity index (χ0v) is 3.36. The Morgan fingerprint density at radius 2 is 1.75 bits per heavy atom. The molecule has 2 nitrogen and oxygen atoms in total. The van der Waals surface area contributed by atoms with Crippen LogP contribution < -0.4 is 18.9 Å². The van der Waals surface area contributed by atoms with E-state index in [0.717, 1.165) is 0 Å². The van der Waals surface area contributed by atoms with E-state index in [1.54, 1.807) is 0 Å².